The van der Waals surface area contributed by atoms with Crippen molar-refractivity contribution in [3.8, 4) is 5.69 Å². The van der Waals surface area contributed by atoms with Gasteiger partial charge in [-0.2, -0.15) is 0 Å². The molecule has 0 atom stereocenters. The number of aromatic carboxylic acids is 1. The van der Waals surface area contributed by atoms with Crippen molar-refractivity contribution in [2.45, 2.75) is 0 Å². The van der Waals surface area contributed by atoms with Crippen molar-refractivity contribution in [1.29, 1.82) is 0 Å². The standard InChI is InChI=1S/C15H10FNO2/c16-12-2-1-3-13(9-12)17-7-6-10-8-11(15(18)19)4-5-14(10)17/h1-9H,(H,18,19). The number of hydrogen-bond acceptors (Lipinski definition) is 1. The molecule has 3 nitrogen and oxygen atoms in total. The molecule has 2 aromatic carbocycles. The predicted molar refractivity (Wildman–Crippen MR) is 70.2 cm³/mol. The first-order valence-electron chi connectivity index (χ1n) is 5.75. The molecular weight excluding hydrogens is 245 g/mol. The number of carbonyl (C=O) groups is 1. The van der Waals surface area contributed by atoms with Crippen LogP contribution in [-0.2, 0) is 0 Å². The van der Waals surface area contributed by atoms with E-state index < -0.39 is 5.97 Å². The number of rotatable bonds is 2. The molecule has 0 unspecified atom stereocenters. The molecule has 0 spiro atoms. The third-order valence-electron chi connectivity index (χ3n) is 3.02. The van der Waals surface area contributed by atoms with Gasteiger partial charge in [0, 0.05) is 17.3 Å². The lowest BCUT2D eigenvalue weighted by atomic mass is 10.1. The van der Waals surface area contributed by atoms with Crippen LogP contribution in [0.1, 0.15) is 10.4 Å². The van der Waals surface area contributed by atoms with E-state index in [1.807, 2.05) is 10.6 Å². The summed E-state index contributed by atoms with van der Waals surface area (Å²) in [4.78, 5) is 10.9. The fourth-order valence-corrected chi connectivity index (χ4v) is 2.13. The van der Waals surface area contributed by atoms with Gasteiger partial charge >= 0.3 is 5.97 Å². The number of nitrogens with zero attached hydrogens (tertiary/aromatic N) is 1. The van der Waals surface area contributed by atoms with Gasteiger partial charge in [-0.05, 0) is 42.5 Å². The van der Waals surface area contributed by atoms with Crippen LogP contribution in [0.4, 0.5) is 4.39 Å². The van der Waals surface area contributed by atoms with Crippen LogP contribution >= 0.6 is 0 Å². The van der Waals surface area contributed by atoms with Crippen LogP contribution in [0.3, 0.4) is 0 Å². The maximum atomic E-state index is 13.2. The van der Waals surface area contributed by atoms with Crippen LogP contribution in [0.2, 0.25) is 0 Å². The topological polar surface area (TPSA) is 42.2 Å². The van der Waals surface area contributed by atoms with E-state index >= 15 is 0 Å². The van der Waals surface area contributed by atoms with Crippen LogP contribution in [0.5, 0.6) is 0 Å². The average Bonchev–Trinajstić information content (AvgIpc) is 2.81. The number of fused-ring (bicyclic) bond motifs is 1. The third-order valence-corrected chi connectivity index (χ3v) is 3.02. The Morgan fingerprint density at radius 1 is 1.11 bits per heavy atom. The Hall–Kier alpha value is -2.62. The minimum absolute atomic E-state index is 0.240. The summed E-state index contributed by atoms with van der Waals surface area (Å²) in [5.41, 5.74) is 1.79. The zero-order valence-electron chi connectivity index (χ0n) is 9.88. The van der Waals surface area contributed by atoms with E-state index in [-0.39, 0.29) is 11.4 Å². The van der Waals surface area contributed by atoms with Crippen molar-refractivity contribution in [2.24, 2.45) is 0 Å². The Morgan fingerprint density at radius 2 is 1.95 bits per heavy atom. The second-order valence-electron chi connectivity index (χ2n) is 4.24. The Balaban J connectivity index is 2.18. The van der Waals surface area contributed by atoms with Gasteiger partial charge in [0.05, 0.1) is 11.1 Å². The minimum Gasteiger partial charge on any atom is -0.478 e. The second kappa shape index (κ2) is 4.24. The minimum atomic E-state index is -0.958. The largest absolute Gasteiger partial charge is 0.478 e. The van der Waals surface area contributed by atoms with E-state index in [2.05, 4.69) is 0 Å². The Morgan fingerprint density at radius 3 is 2.68 bits per heavy atom. The second-order valence-corrected chi connectivity index (χ2v) is 4.24. The smallest absolute Gasteiger partial charge is 0.335 e. The number of benzene rings is 2. The van der Waals surface area contributed by atoms with E-state index in [1.165, 1.54) is 12.1 Å². The number of carboxylic acids is 1. The highest BCUT2D eigenvalue weighted by molar-refractivity contribution is 5.94. The quantitative estimate of drug-likeness (QED) is 0.761. The molecule has 4 heteroatoms. The molecule has 0 aliphatic heterocycles. The molecule has 0 saturated heterocycles. The highest BCUT2D eigenvalue weighted by atomic mass is 19.1. The Labute approximate surface area is 108 Å². The average molecular weight is 255 g/mol. The molecule has 0 aliphatic rings. The molecule has 0 radical (unpaired) electrons. The first kappa shape index (κ1) is 11.5. The van der Waals surface area contributed by atoms with Crippen LogP contribution in [0.15, 0.2) is 54.7 Å². The normalized spacial score (nSPS) is 10.8. The van der Waals surface area contributed by atoms with Gasteiger partial charge in [0.1, 0.15) is 5.82 Å². The van der Waals surface area contributed by atoms with Gasteiger partial charge in [-0.15, -0.1) is 0 Å². The molecule has 0 saturated carbocycles. The Bertz CT molecular complexity index is 777. The molecule has 1 aromatic heterocycles. The summed E-state index contributed by atoms with van der Waals surface area (Å²) in [5, 5.41) is 9.76. The van der Waals surface area contributed by atoms with E-state index in [0.717, 1.165) is 10.9 Å². The summed E-state index contributed by atoms with van der Waals surface area (Å²) < 4.78 is 15.1. The van der Waals surface area contributed by atoms with Crippen LogP contribution in [-0.4, -0.2) is 15.6 Å². The maximum Gasteiger partial charge on any atom is 0.335 e. The number of halogens is 1. The van der Waals surface area contributed by atoms with Gasteiger partial charge in [0.25, 0.3) is 0 Å². The van der Waals surface area contributed by atoms with Gasteiger partial charge in [0.15, 0.2) is 0 Å². The van der Waals surface area contributed by atoms with Gasteiger partial charge in [-0.3, -0.25) is 0 Å². The monoisotopic (exact) mass is 255 g/mol. The molecule has 0 fully saturated rings. The first-order valence-corrected chi connectivity index (χ1v) is 5.75. The van der Waals surface area contributed by atoms with Crippen molar-refractivity contribution >= 4 is 16.9 Å². The van der Waals surface area contributed by atoms with E-state index in [4.69, 9.17) is 5.11 Å². The summed E-state index contributed by atoms with van der Waals surface area (Å²) in [6, 6.07) is 12.9. The van der Waals surface area contributed by atoms with Crippen molar-refractivity contribution in [2.75, 3.05) is 0 Å². The highest BCUT2D eigenvalue weighted by Gasteiger charge is 2.07. The lowest BCUT2D eigenvalue weighted by Crippen LogP contribution is -1.96. The Kier molecular flexibility index (Phi) is 2.56. The van der Waals surface area contributed by atoms with Crippen LogP contribution in [0.25, 0.3) is 16.6 Å². The van der Waals surface area contributed by atoms with E-state index in [0.29, 0.717) is 5.69 Å². The summed E-state index contributed by atoms with van der Waals surface area (Å²) >= 11 is 0. The van der Waals surface area contributed by atoms with Gasteiger partial charge in [0.2, 0.25) is 0 Å². The van der Waals surface area contributed by atoms with E-state index in [1.54, 1.807) is 36.5 Å². The molecule has 0 amide bonds. The van der Waals surface area contributed by atoms with E-state index in [9.17, 15) is 9.18 Å². The lowest BCUT2D eigenvalue weighted by Gasteiger charge is -2.05. The lowest BCUT2D eigenvalue weighted by molar-refractivity contribution is 0.0697. The summed E-state index contributed by atoms with van der Waals surface area (Å²) in [6.07, 6.45) is 1.80. The van der Waals surface area contributed by atoms with Crippen molar-refractivity contribution < 1.29 is 14.3 Å². The molecule has 1 heterocycles. The third kappa shape index (κ3) is 1.97. The molecule has 94 valence electrons. The number of hydrogen-bond donors (Lipinski definition) is 1. The first-order chi connectivity index (χ1) is 9.15. The van der Waals surface area contributed by atoms with Gasteiger partial charge < -0.3 is 9.67 Å². The molecule has 19 heavy (non-hydrogen) atoms. The summed E-state index contributed by atoms with van der Waals surface area (Å²) in [6.45, 7) is 0. The van der Waals surface area contributed by atoms with Crippen molar-refractivity contribution in [3.05, 3.63) is 66.1 Å². The zero-order valence-corrected chi connectivity index (χ0v) is 9.88. The van der Waals surface area contributed by atoms with Crippen LogP contribution in [0, 0.1) is 5.82 Å². The molecule has 1 N–H and O–H groups in total. The SMILES string of the molecule is O=C(O)c1ccc2c(ccn2-c2cccc(F)c2)c1. The number of aromatic nitrogens is 1. The molecule has 0 aliphatic carbocycles. The fraction of sp³-hybridized carbons (Fsp3) is 0. The molecule has 3 aromatic rings. The zero-order chi connectivity index (χ0) is 13.4. The summed E-state index contributed by atoms with van der Waals surface area (Å²) in [7, 11) is 0. The maximum absolute atomic E-state index is 13.2. The molecule has 3 rings (SSSR count). The van der Waals surface area contributed by atoms with Crippen molar-refractivity contribution in [3.63, 3.8) is 0 Å². The molecule has 0 bridgehead atoms. The molecular formula is C15H10FNO2. The van der Waals surface area contributed by atoms with Crippen molar-refractivity contribution in [1.82, 2.24) is 4.57 Å². The van der Waals surface area contributed by atoms with Gasteiger partial charge in [-0.1, -0.05) is 6.07 Å². The van der Waals surface area contributed by atoms with Gasteiger partial charge in [-0.25, -0.2) is 9.18 Å². The predicted octanol–water partition coefficient (Wildman–Crippen LogP) is 3.47. The number of carboxylic acid groups (broad SMARTS) is 1. The highest BCUT2D eigenvalue weighted by Crippen LogP contribution is 2.22. The fourth-order valence-electron chi connectivity index (χ4n) is 2.13. The summed E-state index contributed by atoms with van der Waals surface area (Å²) in [5.74, 6) is -1.26. The van der Waals surface area contributed by atoms with Crippen LogP contribution < -0.4 is 0 Å².